The van der Waals surface area contributed by atoms with Crippen LogP contribution in [-0.4, -0.2) is 25.7 Å². The number of benzene rings is 1. The molecule has 1 aromatic rings. The van der Waals surface area contributed by atoms with E-state index in [1.807, 2.05) is 31.2 Å². The van der Waals surface area contributed by atoms with E-state index in [1.165, 1.54) is 0 Å². The molecule has 0 unspecified atom stereocenters. The first-order valence-corrected chi connectivity index (χ1v) is 6.56. The summed E-state index contributed by atoms with van der Waals surface area (Å²) in [5, 5.41) is 2.87. The van der Waals surface area contributed by atoms with E-state index in [-0.39, 0.29) is 5.91 Å². The molecule has 0 spiro atoms. The van der Waals surface area contributed by atoms with E-state index in [2.05, 4.69) is 12.2 Å². The van der Waals surface area contributed by atoms with Gasteiger partial charge in [0.05, 0.1) is 7.11 Å². The third kappa shape index (κ3) is 4.24. The molecule has 1 N–H and O–H groups in total. The Kier molecular flexibility index (Phi) is 5.83. The van der Waals surface area contributed by atoms with Gasteiger partial charge in [-0.3, -0.25) is 4.79 Å². The number of hydrogen-bond acceptors (Lipinski definition) is 3. The highest BCUT2D eigenvalue weighted by atomic mass is 16.5. The summed E-state index contributed by atoms with van der Waals surface area (Å²) in [6, 6.07) is 7.25. The second-order valence-corrected chi connectivity index (χ2v) is 4.72. The second kappa shape index (κ2) is 7.14. The van der Waals surface area contributed by atoms with Gasteiger partial charge in [-0.05, 0) is 37.6 Å². The number of anilines is 1. The highest BCUT2D eigenvalue weighted by Crippen LogP contribution is 2.22. The molecule has 0 aliphatic heterocycles. The maximum Gasteiger partial charge on any atom is 0.256 e. The number of carbonyl (C=O) groups is 1. The topological polar surface area (TPSA) is 47.6 Å². The molecule has 1 aromatic carbocycles. The van der Waals surface area contributed by atoms with Gasteiger partial charge < -0.3 is 14.8 Å². The van der Waals surface area contributed by atoms with Crippen molar-refractivity contribution in [2.75, 3.05) is 19.5 Å². The van der Waals surface area contributed by atoms with E-state index in [1.54, 1.807) is 14.2 Å². The van der Waals surface area contributed by atoms with E-state index in [4.69, 9.17) is 9.47 Å². The van der Waals surface area contributed by atoms with Crippen LogP contribution in [-0.2, 0) is 9.53 Å². The van der Waals surface area contributed by atoms with Crippen molar-refractivity contribution in [3.05, 3.63) is 24.3 Å². The monoisotopic (exact) mass is 265 g/mol. The van der Waals surface area contributed by atoms with Crippen LogP contribution in [0.2, 0.25) is 0 Å². The van der Waals surface area contributed by atoms with Gasteiger partial charge in [0.2, 0.25) is 0 Å². The summed E-state index contributed by atoms with van der Waals surface area (Å²) in [4.78, 5) is 12.3. The van der Waals surface area contributed by atoms with E-state index in [9.17, 15) is 4.79 Å². The fourth-order valence-electron chi connectivity index (χ4n) is 1.76. The number of hydrogen-bond donors (Lipinski definition) is 1. The smallest absolute Gasteiger partial charge is 0.256 e. The van der Waals surface area contributed by atoms with E-state index in [0.29, 0.717) is 6.42 Å². The van der Waals surface area contributed by atoms with Crippen LogP contribution in [0.15, 0.2) is 24.3 Å². The predicted octanol–water partition coefficient (Wildman–Crippen LogP) is 3.23. The molecule has 19 heavy (non-hydrogen) atoms. The van der Waals surface area contributed by atoms with Crippen molar-refractivity contribution in [3.63, 3.8) is 0 Å². The average Bonchev–Trinajstić information content (AvgIpc) is 2.45. The summed E-state index contributed by atoms with van der Waals surface area (Å²) in [7, 11) is 3.18. The Morgan fingerprint density at radius 1 is 1.26 bits per heavy atom. The van der Waals surface area contributed by atoms with E-state index >= 15 is 0 Å². The van der Waals surface area contributed by atoms with Crippen LogP contribution in [0, 0.1) is 0 Å². The zero-order chi connectivity index (χ0) is 14.3. The van der Waals surface area contributed by atoms with Crippen LogP contribution in [0.1, 0.15) is 33.1 Å². The van der Waals surface area contributed by atoms with Crippen LogP contribution < -0.4 is 10.1 Å². The van der Waals surface area contributed by atoms with Crippen LogP contribution in [0.25, 0.3) is 0 Å². The lowest BCUT2D eigenvalue weighted by molar-refractivity contribution is -0.136. The molecule has 0 aliphatic rings. The number of rotatable bonds is 7. The molecule has 106 valence electrons. The summed E-state index contributed by atoms with van der Waals surface area (Å²) in [6.45, 7) is 3.92. The predicted molar refractivity (Wildman–Crippen MR) is 76.6 cm³/mol. The maximum atomic E-state index is 12.3. The molecule has 0 bridgehead atoms. The third-order valence-corrected chi connectivity index (χ3v) is 3.29. The zero-order valence-electron chi connectivity index (χ0n) is 12.2. The van der Waals surface area contributed by atoms with Gasteiger partial charge in [0.1, 0.15) is 11.4 Å². The van der Waals surface area contributed by atoms with Crippen molar-refractivity contribution in [1.29, 1.82) is 0 Å². The Morgan fingerprint density at radius 3 is 2.37 bits per heavy atom. The minimum Gasteiger partial charge on any atom is -0.497 e. The lowest BCUT2D eigenvalue weighted by Gasteiger charge is -2.26. The molecule has 0 aliphatic carbocycles. The number of carbonyl (C=O) groups excluding carboxylic acids is 1. The summed E-state index contributed by atoms with van der Waals surface area (Å²) in [6.07, 6.45) is 2.71. The minimum absolute atomic E-state index is 0.117. The third-order valence-electron chi connectivity index (χ3n) is 3.29. The zero-order valence-corrected chi connectivity index (χ0v) is 12.2. The summed E-state index contributed by atoms with van der Waals surface area (Å²) >= 11 is 0. The highest BCUT2D eigenvalue weighted by molar-refractivity contribution is 5.97. The van der Waals surface area contributed by atoms with Crippen molar-refractivity contribution < 1.29 is 14.3 Å². The first kappa shape index (κ1) is 15.5. The molecular weight excluding hydrogens is 242 g/mol. The highest BCUT2D eigenvalue weighted by Gasteiger charge is 2.32. The molecule has 0 radical (unpaired) electrons. The summed E-state index contributed by atoms with van der Waals surface area (Å²) in [5.74, 6) is 0.645. The van der Waals surface area contributed by atoms with Crippen LogP contribution in [0.4, 0.5) is 5.69 Å². The fraction of sp³-hybridized carbons (Fsp3) is 0.533. The van der Waals surface area contributed by atoms with Crippen molar-refractivity contribution in [1.82, 2.24) is 0 Å². The Morgan fingerprint density at radius 2 is 1.89 bits per heavy atom. The molecule has 0 fully saturated rings. The van der Waals surface area contributed by atoms with Gasteiger partial charge in [0.15, 0.2) is 0 Å². The molecule has 1 amide bonds. The van der Waals surface area contributed by atoms with Crippen molar-refractivity contribution in [2.24, 2.45) is 0 Å². The van der Waals surface area contributed by atoms with Crippen molar-refractivity contribution in [3.8, 4) is 5.75 Å². The van der Waals surface area contributed by atoms with Crippen molar-refractivity contribution >= 4 is 11.6 Å². The molecule has 0 aromatic heterocycles. The lowest BCUT2D eigenvalue weighted by Crippen LogP contribution is -2.41. The van der Waals surface area contributed by atoms with Gasteiger partial charge in [-0.1, -0.05) is 19.8 Å². The molecule has 1 atom stereocenters. The van der Waals surface area contributed by atoms with Gasteiger partial charge in [0.25, 0.3) is 5.91 Å². The largest absolute Gasteiger partial charge is 0.497 e. The number of methoxy groups -OCH3 is 2. The first-order valence-electron chi connectivity index (χ1n) is 6.56. The first-order chi connectivity index (χ1) is 9.05. The van der Waals surface area contributed by atoms with E-state index in [0.717, 1.165) is 24.3 Å². The van der Waals surface area contributed by atoms with Crippen molar-refractivity contribution in [2.45, 2.75) is 38.7 Å². The van der Waals surface area contributed by atoms with Crippen LogP contribution in [0.3, 0.4) is 0 Å². The number of amides is 1. The summed E-state index contributed by atoms with van der Waals surface area (Å²) < 4.78 is 10.5. The molecule has 4 nitrogen and oxygen atoms in total. The standard InChI is InChI=1S/C15H23NO3/c1-5-6-11-15(2,19-4)14(17)16-12-7-9-13(18-3)10-8-12/h7-10H,5-6,11H2,1-4H3,(H,16,17)/t15-/m1/s1. The van der Waals surface area contributed by atoms with Crippen LogP contribution in [0.5, 0.6) is 5.75 Å². The Bertz CT molecular complexity index is 402. The van der Waals surface area contributed by atoms with Gasteiger partial charge in [-0.15, -0.1) is 0 Å². The molecule has 1 rings (SSSR count). The number of unbranched alkanes of at least 4 members (excludes halogenated alkanes) is 1. The number of nitrogens with one attached hydrogen (secondary N) is 1. The normalized spacial score (nSPS) is 13.7. The van der Waals surface area contributed by atoms with Crippen LogP contribution >= 0.6 is 0 Å². The Labute approximate surface area is 115 Å². The van der Waals surface area contributed by atoms with Gasteiger partial charge in [-0.2, -0.15) is 0 Å². The van der Waals surface area contributed by atoms with Gasteiger partial charge in [-0.25, -0.2) is 0 Å². The second-order valence-electron chi connectivity index (χ2n) is 4.72. The molecule has 0 saturated heterocycles. The molecule has 0 heterocycles. The minimum atomic E-state index is -0.782. The number of ether oxygens (including phenoxy) is 2. The lowest BCUT2D eigenvalue weighted by atomic mass is 9.97. The fourth-order valence-corrected chi connectivity index (χ4v) is 1.76. The molecular formula is C15H23NO3. The van der Waals surface area contributed by atoms with Gasteiger partial charge in [0, 0.05) is 12.8 Å². The SMILES string of the molecule is CCCC[C@@](C)(OC)C(=O)Nc1ccc(OC)cc1. The van der Waals surface area contributed by atoms with Gasteiger partial charge >= 0.3 is 0 Å². The Balaban J connectivity index is 2.70. The maximum absolute atomic E-state index is 12.3. The van der Waals surface area contributed by atoms with E-state index < -0.39 is 5.60 Å². The molecule has 0 saturated carbocycles. The summed E-state index contributed by atoms with van der Waals surface area (Å²) in [5.41, 5.74) is -0.0405. The Hall–Kier alpha value is -1.55. The molecule has 4 heteroatoms. The average molecular weight is 265 g/mol. The quantitative estimate of drug-likeness (QED) is 0.823.